The second-order valence-electron chi connectivity index (χ2n) is 8.83. The maximum Gasteiger partial charge on any atom is 0.407 e. The van der Waals surface area contributed by atoms with Crippen molar-refractivity contribution in [2.24, 2.45) is 0 Å². The molecule has 0 spiro atoms. The number of ether oxygens (including phenoxy) is 5. The average molecular weight is 516 g/mol. The van der Waals surface area contributed by atoms with Gasteiger partial charge in [0.15, 0.2) is 6.10 Å². The van der Waals surface area contributed by atoms with Crippen LogP contribution in [-0.4, -0.2) is 74.3 Å². The molecule has 1 aliphatic heterocycles. The fourth-order valence-electron chi connectivity index (χ4n) is 4.35. The minimum Gasteiger partial charge on any atom is -0.496 e. The van der Waals surface area contributed by atoms with E-state index in [1.54, 1.807) is 21.0 Å². The molecule has 1 unspecified atom stereocenters. The predicted molar refractivity (Wildman–Crippen MR) is 137 cm³/mol. The van der Waals surface area contributed by atoms with Crippen molar-refractivity contribution >= 4 is 12.1 Å². The second-order valence-corrected chi connectivity index (χ2v) is 8.83. The van der Waals surface area contributed by atoms with E-state index in [0.717, 1.165) is 29.0 Å². The number of amides is 1. The highest BCUT2D eigenvalue weighted by Gasteiger charge is 2.35. The monoisotopic (exact) mass is 515 g/mol. The van der Waals surface area contributed by atoms with Gasteiger partial charge in [-0.15, -0.1) is 0 Å². The van der Waals surface area contributed by atoms with Crippen LogP contribution in [0.5, 0.6) is 11.5 Å². The molecule has 9 nitrogen and oxygen atoms in total. The van der Waals surface area contributed by atoms with E-state index in [4.69, 9.17) is 23.7 Å². The molecule has 1 heterocycles. The van der Waals surface area contributed by atoms with E-state index in [2.05, 4.69) is 0 Å². The Hall–Kier alpha value is -3.30. The number of likely N-dealkylation sites (tertiary alicyclic amines) is 1. The predicted octanol–water partition coefficient (Wildman–Crippen LogP) is 4.49. The molecular weight excluding hydrogens is 478 g/mol. The molecule has 0 saturated carbocycles. The summed E-state index contributed by atoms with van der Waals surface area (Å²) >= 11 is 0. The van der Waals surface area contributed by atoms with E-state index >= 15 is 0 Å². The average Bonchev–Trinajstić information content (AvgIpc) is 2.91. The van der Waals surface area contributed by atoms with E-state index in [-0.39, 0.29) is 19.1 Å². The van der Waals surface area contributed by atoms with Gasteiger partial charge < -0.3 is 33.7 Å². The maximum atomic E-state index is 12.1. The Bertz CT molecular complexity index is 996. The lowest BCUT2D eigenvalue weighted by Gasteiger charge is -2.38. The van der Waals surface area contributed by atoms with Crippen molar-refractivity contribution in [3.63, 3.8) is 0 Å². The number of carbonyl (C=O) groups is 2. The molecule has 1 saturated heterocycles. The van der Waals surface area contributed by atoms with Crippen molar-refractivity contribution in [1.82, 2.24) is 4.90 Å². The molecule has 3 atom stereocenters. The van der Waals surface area contributed by atoms with Crippen molar-refractivity contribution in [3.8, 4) is 11.5 Å². The Morgan fingerprint density at radius 3 is 2.57 bits per heavy atom. The number of benzene rings is 2. The van der Waals surface area contributed by atoms with E-state index in [9.17, 15) is 14.7 Å². The maximum absolute atomic E-state index is 12.1. The molecular formula is C28H37NO8. The Balaban J connectivity index is 1.49. The van der Waals surface area contributed by atoms with Gasteiger partial charge in [0.25, 0.3) is 0 Å². The van der Waals surface area contributed by atoms with Crippen LogP contribution in [0.2, 0.25) is 0 Å². The third-order valence-corrected chi connectivity index (χ3v) is 6.29. The smallest absolute Gasteiger partial charge is 0.407 e. The van der Waals surface area contributed by atoms with Crippen LogP contribution in [0.1, 0.15) is 43.7 Å². The number of methoxy groups -OCH3 is 1. The molecule has 0 radical (unpaired) electrons. The zero-order valence-electron chi connectivity index (χ0n) is 21.8. The lowest BCUT2D eigenvalue weighted by Crippen LogP contribution is -2.48. The quantitative estimate of drug-likeness (QED) is 0.308. The first-order chi connectivity index (χ1) is 17.9. The lowest BCUT2D eigenvalue weighted by molar-refractivity contribution is -0.161. The molecule has 3 rings (SSSR count). The van der Waals surface area contributed by atoms with Crippen LogP contribution in [0.15, 0.2) is 48.5 Å². The van der Waals surface area contributed by atoms with Gasteiger partial charge in [-0.3, -0.25) is 0 Å². The summed E-state index contributed by atoms with van der Waals surface area (Å²) in [6.45, 7) is 5.79. The molecule has 0 bridgehead atoms. The van der Waals surface area contributed by atoms with E-state index in [0.29, 0.717) is 32.8 Å². The molecule has 0 aliphatic carbocycles. The van der Waals surface area contributed by atoms with Crippen LogP contribution in [0, 0.1) is 0 Å². The number of hydrogen-bond acceptors (Lipinski definition) is 7. The summed E-state index contributed by atoms with van der Waals surface area (Å²) in [5.74, 6) is 1.05. The molecule has 9 heteroatoms. The first-order valence-corrected chi connectivity index (χ1v) is 12.6. The number of esters is 1. The molecule has 2 aromatic carbocycles. The van der Waals surface area contributed by atoms with Gasteiger partial charge in [-0.25, -0.2) is 9.59 Å². The number of rotatable bonds is 13. The van der Waals surface area contributed by atoms with Gasteiger partial charge in [-0.2, -0.15) is 0 Å². The number of hydrogen-bond donors (Lipinski definition) is 1. The minimum atomic E-state index is -0.994. The molecule has 1 aliphatic rings. The summed E-state index contributed by atoms with van der Waals surface area (Å²) < 4.78 is 28.0. The molecule has 1 amide bonds. The summed E-state index contributed by atoms with van der Waals surface area (Å²) in [4.78, 5) is 24.9. The summed E-state index contributed by atoms with van der Waals surface area (Å²) in [5.41, 5.74) is 2.02. The van der Waals surface area contributed by atoms with Gasteiger partial charge >= 0.3 is 12.1 Å². The van der Waals surface area contributed by atoms with E-state index < -0.39 is 24.3 Å². The van der Waals surface area contributed by atoms with Gasteiger partial charge in [0.2, 0.25) is 0 Å². The highest BCUT2D eigenvalue weighted by molar-refractivity contribution is 5.74. The highest BCUT2D eigenvalue weighted by Crippen LogP contribution is 2.32. The van der Waals surface area contributed by atoms with Gasteiger partial charge in [-0.05, 0) is 44.0 Å². The summed E-state index contributed by atoms with van der Waals surface area (Å²) in [5, 5.41) is 9.44. The van der Waals surface area contributed by atoms with E-state index in [1.165, 1.54) is 4.90 Å². The third-order valence-electron chi connectivity index (χ3n) is 6.29. The Labute approximate surface area is 218 Å². The first-order valence-electron chi connectivity index (χ1n) is 12.6. The zero-order valence-corrected chi connectivity index (χ0v) is 21.8. The van der Waals surface area contributed by atoms with Crippen LogP contribution >= 0.6 is 0 Å². The topological polar surface area (TPSA) is 104 Å². The number of carboxylic acid groups (broad SMARTS) is 1. The number of carbonyl (C=O) groups excluding carboxylic acids is 1. The summed E-state index contributed by atoms with van der Waals surface area (Å²) in [6.07, 6.45) is -0.903. The molecule has 2 aromatic rings. The van der Waals surface area contributed by atoms with E-state index in [1.807, 2.05) is 48.5 Å². The van der Waals surface area contributed by atoms with Crippen molar-refractivity contribution < 1.29 is 38.4 Å². The third kappa shape index (κ3) is 8.36. The fraction of sp³-hybridized carbons (Fsp3) is 0.500. The molecule has 37 heavy (non-hydrogen) atoms. The fourth-order valence-corrected chi connectivity index (χ4v) is 4.35. The Morgan fingerprint density at radius 2 is 1.86 bits per heavy atom. The highest BCUT2D eigenvalue weighted by atomic mass is 16.6. The van der Waals surface area contributed by atoms with Crippen molar-refractivity contribution in [3.05, 3.63) is 59.7 Å². The minimum absolute atomic E-state index is 0.0510. The normalized spacial score (nSPS) is 18.2. The van der Waals surface area contributed by atoms with Crippen LogP contribution in [0.3, 0.4) is 0 Å². The van der Waals surface area contributed by atoms with Crippen LogP contribution in [-0.2, 0) is 25.6 Å². The van der Waals surface area contributed by atoms with Crippen LogP contribution < -0.4 is 9.47 Å². The van der Waals surface area contributed by atoms with Gasteiger partial charge in [0.1, 0.15) is 11.5 Å². The van der Waals surface area contributed by atoms with Gasteiger partial charge in [0, 0.05) is 24.4 Å². The van der Waals surface area contributed by atoms with Crippen molar-refractivity contribution in [2.45, 2.75) is 51.4 Å². The lowest BCUT2D eigenvalue weighted by atomic mass is 9.87. The van der Waals surface area contributed by atoms with Crippen LogP contribution in [0.4, 0.5) is 4.79 Å². The summed E-state index contributed by atoms with van der Waals surface area (Å²) in [6, 6.07) is 15.5. The van der Waals surface area contributed by atoms with Crippen molar-refractivity contribution in [1.29, 1.82) is 0 Å². The van der Waals surface area contributed by atoms with Gasteiger partial charge in [-0.1, -0.05) is 30.3 Å². The molecule has 1 fully saturated rings. The second kappa shape index (κ2) is 14.4. The standard InChI is InChI=1S/C28H37NO8/c1-4-35-27(30)20(2)37-26-18-29(28(31)32)15-14-24(26)21-10-12-23(13-11-21)36-17-7-16-34-19-22-8-5-6-9-25(22)33-3/h5-6,8-13,20,24,26H,4,7,14-19H2,1-3H3,(H,31,32)/t20-,24?,26-/m1/s1. The Morgan fingerprint density at radius 1 is 1.11 bits per heavy atom. The molecule has 202 valence electrons. The molecule has 0 aromatic heterocycles. The number of piperidine rings is 1. The number of para-hydroxylation sites is 1. The van der Waals surface area contributed by atoms with Crippen LogP contribution in [0.25, 0.3) is 0 Å². The largest absolute Gasteiger partial charge is 0.496 e. The SMILES string of the molecule is CCOC(=O)[C@@H](C)O[C@@H]1CN(C(=O)O)CCC1c1ccc(OCCCOCc2ccccc2OC)cc1. The summed E-state index contributed by atoms with van der Waals surface area (Å²) in [7, 11) is 1.65. The molecule has 1 N–H and O–H groups in total. The first kappa shape index (κ1) is 28.3. The van der Waals surface area contributed by atoms with Gasteiger partial charge in [0.05, 0.1) is 46.2 Å². The van der Waals surface area contributed by atoms with Crippen molar-refractivity contribution in [2.75, 3.05) is 40.0 Å². The zero-order chi connectivity index (χ0) is 26.6. The number of nitrogens with zero attached hydrogens (tertiary/aromatic N) is 1. The Kier molecular flexibility index (Phi) is 11.0.